The van der Waals surface area contributed by atoms with Gasteiger partial charge in [0.25, 0.3) is 0 Å². The van der Waals surface area contributed by atoms with Gasteiger partial charge >= 0.3 is 6.09 Å². The summed E-state index contributed by atoms with van der Waals surface area (Å²) < 4.78 is 10.8. The lowest BCUT2D eigenvalue weighted by atomic mass is 9.95. The van der Waals surface area contributed by atoms with E-state index in [9.17, 15) is 4.79 Å². The van der Waals surface area contributed by atoms with Gasteiger partial charge in [-0.1, -0.05) is 0 Å². The van der Waals surface area contributed by atoms with Crippen molar-refractivity contribution in [1.29, 1.82) is 0 Å². The number of pyridine rings is 1. The average Bonchev–Trinajstić information content (AvgIpc) is 2.77. The van der Waals surface area contributed by atoms with Crippen molar-refractivity contribution in [3.63, 3.8) is 0 Å². The number of carbonyl (C=O) groups is 1. The minimum Gasteiger partial charge on any atom is -0.496 e. The summed E-state index contributed by atoms with van der Waals surface area (Å²) in [4.78, 5) is 17.8. The van der Waals surface area contributed by atoms with Gasteiger partial charge in [-0.2, -0.15) is 0 Å². The van der Waals surface area contributed by atoms with Gasteiger partial charge in [0.15, 0.2) is 6.10 Å². The minimum absolute atomic E-state index is 0.129. The number of rotatable bonds is 2. The van der Waals surface area contributed by atoms with Crippen LogP contribution >= 0.6 is 0 Å². The molecule has 0 bridgehead atoms. The number of fused-ring (bicyclic) bond motifs is 1. The fourth-order valence-corrected chi connectivity index (χ4v) is 2.82. The molecule has 1 aromatic heterocycles. The standard InChI is InChI=1S/C13H16N2O3/c1-17-11-5-6-14-8-9(11)12-10-4-2-3-7-15(10)13(16)18-12/h5-6,8,10,12H,2-4,7H2,1H3/t10-,12-/m1/s1. The summed E-state index contributed by atoms with van der Waals surface area (Å²) in [6.07, 6.45) is 6.12. The maximum Gasteiger partial charge on any atom is 0.410 e. The fourth-order valence-electron chi connectivity index (χ4n) is 2.82. The molecule has 2 atom stereocenters. The molecule has 0 radical (unpaired) electrons. The zero-order valence-electron chi connectivity index (χ0n) is 10.3. The molecule has 3 heterocycles. The van der Waals surface area contributed by atoms with Crippen molar-refractivity contribution in [2.24, 2.45) is 0 Å². The van der Waals surface area contributed by atoms with Gasteiger partial charge in [0.2, 0.25) is 0 Å². The Bertz CT molecular complexity index is 463. The molecule has 0 N–H and O–H groups in total. The molecular formula is C13H16N2O3. The fraction of sp³-hybridized carbons (Fsp3) is 0.538. The van der Waals surface area contributed by atoms with Crippen molar-refractivity contribution >= 4 is 6.09 Å². The van der Waals surface area contributed by atoms with Crippen molar-refractivity contribution in [3.05, 3.63) is 24.0 Å². The van der Waals surface area contributed by atoms with Crippen LogP contribution < -0.4 is 4.74 Å². The van der Waals surface area contributed by atoms with Crippen LogP contribution in [-0.2, 0) is 4.74 Å². The largest absolute Gasteiger partial charge is 0.496 e. The molecule has 2 aliphatic heterocycles. The summed E-state index contributed by atoms with van der Waals surface area (Å²) in [6, 6.07) is 1.93. The second-order valence-electron chi connectivity index (χ2n) is 4.68. The molecule has 0 aromatic carbocycles. The van der Waals surface area contributed by atoms with Crippen LogP contribution in [0.1, 0.15) is 30.9 Å². The third-order valence-corrected chi connectivity index (χ3v) is 3.70. The number of hydrogen-bond donors (Lipinski definition) is 0. The highest BCUT2D eigenvalue weighted by atomic mass is 16.6. The molecule has 0 spiro atoms. The van der Waals surface area contributed by atoms with Crippen molar-refractivity contribution in [1.82, 2.24) is 9.88 Å². The predicted octanol–water partition coefficient (Wildman–Crippen LogP) is 2.14. The zero-order valence-corrected chi connectivity index (χ0v) is 10.3. The molecule has 2 saturated heterocycles. The Hall–Kier alpha value is -1.78. The topological polar surface area (TPSA) is 51.7 Å². The van der Waals surface area contributed by atoms with Crippen LogP contribution in [0.4, 0.5) is 4.79 Å². The number of nitrogens with zero attached hydrogens (tertiary/aromatic N) is 2. The summed E-state index contributed by atoms with van der Waals surface area (Å²) in [5.41, 5.74) is 0.864. The highest BCUT2D eigenvalue weighted by Crippen LogP contribution is 2.40. The van der Waals surface area contributed by atoms with Crippen LogP contribution in [0.25, 0.3) is 0 Å². The first-order valence-corrected chi connectivity index (χ1v) is 6.26. The van der Waals surface area contributed by atoms with E-state index in [-0.39, 0.29) is 18.2 Å². The SMILES string of the molecule is COc1ccncc1[C@H]1OC(=O)N2CCCC[C@H]12. The Kier molecular flexibility index (Phi) is 2.81. The second kappa shape index (κ2) is 4.48. The summed E-state index contributed by atoms with van der Waals surface area (Å²) in [6.45, 7) is 0.794. The van der Waals surface area contributed by atoms with Crippen LogP contribution in [0, 0.1) is 0 Å². The van der Waals surface area contributed by atoms with Gasteiger partial charge in [0, 0.05) is 18.9 Å². The lowest BCUT2D eigenvalue weighted by Crippen LogP contribution is -2.38. The first kappa shape index (κ1) is 11.3. The van der Waals surface area contributed by atoms with Gasteiger partial charge in [0.05, 0.1) is 18.7 Å². The highest BCUT2D eigenvalue weighted by Gasteiger charge is 2.44. The van der Waals surface area contributed by atoms with Gasteiger partial charge in [-0.25, -0.2) is 4.79 Å². The average molecular weight is 248 g/mol. The monoisotopic (exact) mass is 248 g/mol. The van der Waals surface area contributed by atoms with Crippen molar-refractivity contribution < 1.29 is 14.3 Å². The van der Waals surface area contributed by atoms with E-state index in [2.05, 4.69) is 4.98 Å². The summed E-state index contributed by atoms with van der Waals surface area (Å²) in [5.74, 6) is 0.732. The molecule has 5 heteroatoms. The Labute approximate surface area is 106 Å². The quantitative estimate of drug-likeness (QED) is 0.804. The highest BCUT2D eigenvalue weighted by molar-refractivity contribution is 5.71. The molecule has 18 heavy (non-hydrogen) atoms. The van der Waals surface area contributed by atoms with E-state index < -0.39 is 0 Å². The van der Waals surface area contributed by atoms with Gasteiger partial charge in [-0.3, -0.25) is 4.98 Å². The number of aromatic nitrogens is 1. The van der Waals surface area contributed by atoms with Crippen molar-refractivity contribution in [2.45, 2.75) is 31.4 Å². The lowest BCUT2D eigenvalue weighted by molar-refractivity contribution is 0.128. The number of carbonyl (C=O) groups excluding carboxylic acids is 1. The molecular weight excluding hydrogens is 232 g/mol. The molecule has 0 unspecified atom stereocenters. The molecule has 96 valence electrons. The second-order valence-corrected chi connectivity index (χ2v) is 4.68. The first-order chi connectivity index (χ1) is 8.81. The van der Waals surface area contributed by atoms with E-state index in [4.69, 9.17) is 9.47 Å². The first-order valence-electron chi connectivity index (χ1n) is 6.26. The van der Waals surface area contributed by atoms with E-state index in [0.717, 1.165) is 37.1 Å². The predicted molar refractivity (Wildman–Crippen MR) is 64.4 cm³/mol. The van der Waals surface area contributed by atoms with Crippen molar-refractivity contribution in [3.8, 4) is 5.75 Å². The van der Waals surface area contributed by atoms with E-state index >= 15 is 0 Å². The number of methoxy groups -OCH3 is 1. The van der Waals surface area contributed by atoms with E-state index in [1.54, 1.807) is 25.6 Å². The number of cyclic esters (lactones) is 1. The molecule has 0 aliphatic carbocycles. The summed E-state index contributed by atoms with van der Waals surface area (Å²) >= 11 is 0. The van der Waals surface area contributed by atoms with Crippen LogP contribution in [0.5, 0.6) is 5.75 Å². The molecule has 2 fully saturated rings. The molecule has 0 saturated carbocycles. The van der Waals surface area contributed by atoms with Gasteiger partial charge in [-0.15, -0.1) is 0 Å². The zero-order chi connectivity index (χ0) is 12.5. The molecule has 5 nitrogen and oxygen atoms in total. The van der Waals surface area contributed by atoms with Crippen LogP contribution in [0.2, 0.25) is 0 Å². The van der Waals surface area contributed by atoms with Gasteiger partial charge in [0.1, 0.15) is 5.75 Å². The normalized spacial score (nSPS) is 26.7. The minimum atomic E-state index is -0.249. The summed E-state index contributed by atoms with van der Waals surface area (Å²) in [5, 5.41) is 0. The maximum absolute atomic E-state index is 11.8. The Morgan fingerprint density at radius 3 is 3.22 bits per heavy atom. The lowest BCUT2D eigenvalue weighted by Gasteiger charge is -2.29. The Morgan fingerprint density at radius 2 is 2.39 bits per heavy atom. The Balaban J connectivity index is 1.94. The number of piperidine rings is 1. The van der Waals surface area contributed by atoms with E-state index in [1.165, 1.54) is 0 Å². The molecule has 3 rings (SSSR count). The molecule has 1 aromatic rings. The van der Waals surface area contributed by atoms with E-state index in [0.29, 0.717) is 0 Å². The maximum atomic E-state index is 11.8. The van der Waals surface area contributed by atoms with Gasteiger partial charge < -0.3 is 14.4 Å². The third-order valence-electron chi connectivity index (χ3n) is 3.70. The van der Waals surface area contributed by atoms with Crippen LogP contribution in [0.3, 0.4) is 0 Å². The smallest absolute Gasteiger partial charge is 0.410 e. The molecule has 1 amide bonds. The van der Waals surface area contributed by atoms with Crippen LogP contribution in [0.15, 0.2) is 18.5 Å². The Morgan fingerprint density at radius 1 is 1.50 bits per heavy atom. The summed E-state index contributed by atoms with van der Waals surface area (Å²) in [7, 11) is 1.62. The van der Waals surface area contributed by atoms with Crippen molar-refractivity contribution in [2.75, 3.05) is 13.7 Å². The number of hydrogen-bond acceptors (Lipinski definition) is 4. The molecule has 2 aliphatic rings. The van der Waals surface area contributed by atoms with Gasteiger partial charge in [-0.05, 0) is 25.3 Å². The number of amides is 1. The third kappa shape index (κ3) is 1.70. The van der Waals surface area contributed by atoms with E-state index in [1.807, 2.05) is 4.90 Å². The number of ether oxygens (including phenoxy) is 2. The van der Waals surface area contributed by atoms with Crippen LogP contribution in [-0.4, -0.2) is 35.7 Å².